The van der Waals surface area contributed by atoms with E-state index in [2.05, 4.69) is 11.8 Å². The second-order valence-corrected chi connectivity index (χ2v) is 7.07. The normalized spacial score (nSPS) is 33.2. The fraction of sp³-hybridized carbons (Fsp3) is 0.600. The molecule has 2 heterocycles. The van der Waals surface area contributed by atoms with Gasteiger partial charge in [0.1, 0.15) is 0 Å². The van der Waals surface area contributed by atoms with Gasteiger partial charge in [-0.1, -0.05) is 6.07 Å². The number of thioether (sulfide) groups is 1. The van der Waals surface area contributed by atoms with Gasteiger partial charge in [-0.15, -0.1) is 0 Å². The number of rotatable bonds is 3. The summed E-state index contributed by atoms with van der Waals surface area (Å²) >= 11 is 2.05. The van der Waals surface area contributed by atoms with Crippen molar-refractivity contribution in [1.29, 1.82) is 0 Å². The highest BCUT2D eigenvalue weighted by molar-refractivity contribution is 8.00. The van der Waals surface area contributed by atoms with E-state index in [1.807, 2.05) is 18.2 Å². The SMILES string of the molecule is COc1ccc(C2(O)CC3CCC(C2)S3)cc1OC. The summed E-state index contributed by atoms with van der Waals surface area (Å²) in [5, 5.41) is 12.2. The molecular weight excluding hydrogens is 260 g/mol. The molecule has 1 aromatic rings. The quantitative estimate of drug-likeness (QED) is 0.924. The van der Waals surface area contributed by atoms with Crippen molar-refractivity contribution in [3.8, 4) is 11.5 Å². The van der Waals surface area contributed by atoms with Gasteiger partial charge in [0, 0.05) is 10.5 Å². The van der Waals surface area contributed by atoms with Crippen LogP contribution >= 0.6 is 11.8 Å². The van der Waals surface area contributed by atoms with Crippen molar-refractivity contribution >= 4 is 11.8 Å². The average Bonchev–Trinajstić information content (AvgIpc) is 2.77. The Kier molecular flexibility index (Phi) is 3.39. The van der Waals surface area contributed by atoms with E-state index in [1.165, 1.54) is 12.8 Å². The summed E-state index contributed by atoms with van der Waals surface area (Å²) in [7, 11) is 3.26. The molecule has 2 fully saturated rings. The number of benzene rings is 1. The summed E-state index contributed by atoms with van der Waals surface area (Å²) in [6.07, 6.45) is 4.18. The van der Waals surface area contributed by atoms with Crippen molar-refractivity contribution in [3.63, 3.8) is 0 Å². The molecule has 0 saturated carbocycles. The van der Waals surface area contributed by atoms with Gasteiger partial charge in [-0.3, -0.25) is 0 Å². The molecule has 3 nitrogen and oxygen atoms in total. The number of hydrogen-bond donors (Lipinski definition) is 1. The second-order valence-electron chi connectivity index (χ2n) is 5.47. The van der Waals surface area contributed by atoms with Crippen LogP contribution in [0.3, 0.4) is 0 Å². The summed E-state index contributed by atoms with van der Waals surface area (Å²) in [5.41, 5.74) is 0.263. The highest BCUT2D eigenvalue weighted by atomic mass is 32.2. The third-order valence-electron chi connectivity index (χ3n) is 4.25. The molecule has 0 aliphatic carbocycles. The van der Waals surface area contributed by atoms with Crippen LogP contribution in [-0.4, -0.2) is 29.8 Å². The van der Waals surface area contributed by atoms with Crippen LogP contribution in [0.2, 0.25) is 0 Å². The van der Waals surface area contributed by atoms with Crippen LogP contribution in [0.5, 0.6) is 11.5 Å². The third kappa shape index (κ3) is 2.32. The maximum atomic E-state index is 11.0. The van der Waals surface area contributed by atoms with E-state index in [1.54, 1.807) is 14.2 Å². The first-order valence-electron chi connectivity index (χ1n) is 6.75. The second kappa shape index (κ2) is 4.91. The van der Waals surface area contributed by atoms with Crippen LogP contribution in [-0.2, 0) is 5.60 Å². The standard InChI is InChI=1S/C15H20O3S/c1-17-13-6-3-10(7-14(13)18-2)15(16)8-11-4-5-12(9-15)19-11/h3,6-7,11-12,16H,4-5,8-9H2,1-2H3. The molecule has 2 saturated heterocycles. The minimum atomic E-state index is -0.698. The maximum absolute atomic E-state index is 11.0. The molecule has 0 aromatic heterocycles. The lowest BCUT2D eigenvalue weighted by atomic mass is 9.85. The first-order valence-corrected chi connectivity index (χ1v) is 7.69. The van der Waals surface area contributed by atoms with Gasteiger partial charge in [-0.25, -0.2) is 0 Å². The lowest BCUT2D eigenvalue weighted by Gasteiger charge is -2.36. The Morgan fingerprint density at radius 2 is 1.74 bits per heavy atom. The van der Waals surface area contributed by atoms with Crippen LogP contribution in [0.1, 0.15) is 31.2 Å². The molecule has 2 unspecified atom stereocenters. The van der Waals surface area contributed by atoms with E-state index in [-0.39, 0.29) is 0 Å². The first kappa shape index (κ1) is 13.1. The number of ether oxygens (including phenoxy) is 2. The number of fused-ring (bicyclic) bond motifs is 2. The lowest BCUT2D eigenvalue weighted by molar-refractivity contribution is 0.0194. The third-order valence-corrected chi connectivity index (χ3v) is 5.82. The minimum absolute atomic E-state index is 0.608. The Morgan fingerprint density at radius 1 is 1.11 bits per heavy atom. The van der Waals surface area contributed by atoms with E-state index in [0.29, 0.717) is 22.0 Å². The van der Waals surface area contributed by atoms with Crippen LogP contribution < -0.4 is 9.47 Å². The lowest BCUT2D eigenvalue weighted by Crippen LogP contribution is -2.34. The Hall–Kier alpha value is -0.870. The van der Waals surface area contributed by atoms with Gasteiger partial charge < -0.3 is 14.6 Å². The smallest absolute Gasteiger partial charge is 0.161 e. The molecule has 4 heteroatoms. The predicted octanol–water partition coefficient (Wildman–Crippen LogP) is 2.95. The number of aliphatic hydroxyl groups is 1. The van der Waals surface area contributed by atoms with Gasteiger partial charge in [0.05, 0.1) is 19.8 Å². The molecular formula is C15H20O3S. The van der Waals surface area contributed by atoms with Gasteiger partial charge in [0.25, 0.3) is 0 Å². The zero-order chi connectivity index (χ0) is 13.5. The van der Waals surface area contributed by atoms with Crippen LogP contribution in [0, 0.1) is 0 Å². The highest BCUT2D eigenvalue weighted by Gasteiger charge is 2.44. The molecule has 0 amide bonds. The van der Waals surface area contributed by atoms with Gasteiger partial charge in [0.15, 0.2) is 11.5 Å². The van der Waals surface area contributed by atoms with Crippen molar-refractivity contribution in [2.75, 3.05) is 14.2 Å². The van der Waals surface area contributed by atoms with Crippen molar-refractivity contribution in [1.82, 2.24) is 0 Å². The van der Waals surface area contributed by atoms with Crippen LogP contribution in [0.4, 0.5) is 0 Å². The fourth-order valence-corrected chi connectivity index (χ4v) is 5.11. The van der Waals surface area contributed by atoms with Crippen molar-refractivity contribution in [3.05, 3.63) is 23.8 Å². The molecule has 0 spiro atoms. The molecule has 2 atom stereocenters. The van der Waals surface area contributed by atoms with Crippen molar-refractivity contribution in [2.24, 2.45) is 0 Å². The molecule has 3 rings (SSSR count). The van der Waals surface area contributed by atoms with Gasteiger partial charge >= 0.3 is 0 Å². The van der Waals surface area contributed by atoms with Gasteiger partial charge in [-0.05, 0) is 43.4 Å². The molecule has 1 N–H and O–H groups in total. The van der Waals surface area contributed by atoms with E-state index in [9.17, 15) is 5.11 Å². The fourth-order valence-electron chi connectivity index (χ4n) is 3.28. The summed E-state index contributed by atoms with van der Waals surface area (Å²) in [6, 6.07) is 5.78. The number of hydrogen-bond acceptors (Lipinski definition) is 4. The summed E-state index contributed by atoms with van der Waals surface area (Å²) in [4.78, 5) is 0. The van der Waals surface area contributed by atoms with E-state index in [4.69, 9.17) is 9.47 Å². The summed E-state index contributed by atoms with van der Waals surface area (Å²) in [6.45, 7) is 0. The maximum Gasteiger partial charge on any atom is 0.161 e. The minimum Gasteiger partial charge on any atom is -0.493 e. The molecule has 19 heavy (non-hydrogen) atoms. The molecule has 1 aromatic carbocycles. The van der Waals surface area contributed by atoms with Gasteiger partial charge in [0.2, 0.25) is 0 Å². The van der Waals surface area contributed by atoms with E-state index < -0.39 is 5.60 Å². The average molecular weight is 280 g/mol. The predicted molar refractivity (Wildman–Crippen MR) is 77.1 cm³/mol. The molecule has 0 radical (unpaired) electrons. The topological polar surface area (TPSA) is 38.7 Å². The van der Waals surface area contributed by atoms with E-state index in [0.717, 1.165) is 18.4 Å². The molecule has 2 aliphatic heterocycles. The summed E-state index contributed by atoms with van der Waals surface area (Å²) in [5.74, 6) is 1.40. The molecule has 2 bridgehead atoms. The van der Waals surface area contributed by atoms with Gasteiger partial charge in [-0.2, -0.15) is 11.8 Å². The van der Waals surface area contributed by atoms with Crippen molar-refractivity contribution in [2.45, 2.75) is 41.8 Å². The Labute approximate surface area is 118 Å². The Bertz CT molecular complexity index is 462. The summed E-state index contributed by atoms with van der Waals surface area (Å²) < 4.78 is 10.6. The Morgan fingerprint density at radius 3 is 2.32 bits per heavy atom. The zero-order valence-electron chi connectivity index (χ0n) is 11.4. The number of methoxy groups -OCH3 is 2. The highest BCUT2D eigenvalue weighted by Crippen LogP contribution is 2.51. The zero-order valence-corrected chi connectivity index (χ0v) is 12.2. The molecule has 104 valence electrons. The first-order chi connectivity index (χ1) is 9.14. The van der Waals surface area contributed by atoms with Crippen LogP contribution in [0.25, 0.3) is 0 Å². The van der Waals surface area contributed by atoms with E-state index >= 15 is 0 Å². The van der Waals surface area contributed by atoms with Crippen molar-refractivity contribution < 1.29 is 14.6 Å². The Balaban J connectivity index is 1.93. The molecule has 2 aliphatic rings. The monoisotopic (exact) mass is 280 g/mol. The largest absolute Gasteiger partial charge is 0.493 e. The van der Waals surface area contributed by atoms with Crippen LogP contribution in [0.15, 0.2) is 18.2 Å².